The average Bonchev–Trinajstić information content (AvgIpc) is 3.26. The van der Waals surface area contributed by atoms with E-state index in [0.717, 1.165) is 50.9 Å². The van der Waals surface area contributed by atoms with Gasteiger partial charge in [-0.05, 0) is 31.6 Å². The normalized spacial score (nSPS) is 15.7. The van der Waals surface area contributed by atoms with Crippen LogP contribution in [0.5, 0.6) is 0 Å². The number of rotatable bonds is 45. The second-order valence-electron chi connectivity index (χ2n) is 17.5. The summed E-state index contributed by atoms with van der Waals surface area (Å²) in [6.45, 7) is 4.25. The molecule has 1 unspecified atom stereocenters. The summed E-state index contributed by atoms with van der Waals surface area (Å²) in [4.78, 5) is 35.2. The minimum Gasteiger partial charge on any atom is -0.462 e. The Kier molecular flexibility index (Phi) is 41.9. The second-order valence-corrected chi connectivity index (χ2v) is 19.0. The molecule has 0 bridgehead atoms. The lowest BCUT2D eigenvalue weighted by Crippen LogP contribution is -2.30. The van der Waals surface area contributed by atoms with E-state index in [0.29, 0.717) is 6.42 Å². The van der Waals surface area contributed by atoms with E-state index in [1.807, 2.05) is 0 Å². The zero-order chi connectivity index (χ0) is 47.5. The molecular weight excluding hydrogens is 840 g/mol. The van der Waals surface area contributed by atoms with Crippen molar-refractivity contribution in [1.82, 2.24) is 0 Å². The highest BCUT2D eigenvalue weighted by Gasteiger charge is 2.27. The number of allylic oxidation sites excluding steroid dienone is 6. The molecule has 13 nitrogen and oxygen atoms in total. The molecule has 0 aromatic carbocycles. The topological polar surface area (TPSA) is 210 Å². The number of ether oxygens (including phenoxy) is 2. The van der Waals surface area contributed by atoms with Gasteiger partial charge in [-0.1, -0.05) is 204 Å². The molecule has 64 heavy (non-hydrogen) atoms. The lowest BCUT2D eigenvalue weighted by atomic mass is 10.0. The van der Waals surface area contributed by atoms with Gasteiger partial charge in [-0.15, -0.1) is 0 Å². The summed E-state index contributed by atoms with van der Waals surface area (Å²) >= 11 is 0. The molecule has 0 aliphatic carbocycles. The molecule has 0 radical (unpaired) electrons. The smallest absolute Gasteiger partial charge is 0.462 e. The molecule has 0 aromatic heterocycles. The molecule has 0 fully saturated rings. The van der Waals surface area contributed by atoms with Crippen LogP contribution in [0.25, 0.3) is 0 Å². The van der Waals surface area contributed by atoms with Crippen molar-refractivity contribution in [2.45, 2.75) is 225 Å². The van der Waals surface area contributed by atoms with Crippen molar-refractivity contribution in [2.75, 3.05) is 26.4 Å². The fourth-order valence-electron chi connectivity index (χ4n) is 6.80. The summed E-state index contributed by atoms with van der Waals surface area (Å²) in [7, 11) is -4.72. The van der Waals surface area contributed by atoms with E-state index in [2.05, 4.69) is 25.3 Å². The quantitative estimate of drug-likeness (QED) is 0.0146. The summed E-state index contributed by atoms with van der Waals surface area (Å²) in [5.74, 6) is -0.419. The van der Waals surface area contributed by atoms with E-state index in [9.17, 15) is 39.5 Å². The maximum Gasteiger partial charge on any atom is 0.472 e. The predicted molar refractivity (Wildman–Crippen MR) is 255 cm³/mol. The van der Waals surface area contributed by atoms with Crippen LogP contribution in [-0.4, -0.2) is 99.3 Å². The highest BCUT2D eigenvalue weighted by molar-refractivity contribution is 7.47. The first-order valence-electron chi connectivity index (χ1n) is 24.8. The van der Waals surface area contributed by atoms with Crippen molar-refractivity contribution in [3.63, 3.8) is 0 Å². The minimum absolute atomic E-state index is 0.0672. The van der Waals surface area contributed by atoms with Gasteiger partial charge in [-0.25, -0.2) is 4.57 Å². The molecule has 0 spiro atoms. The summed E-state index contributed by atoms with van der Waals surface area (Å²) in [6, 6.07) is 0. The molecule has 14 heteroatoms. The number of phosphoric acid groups is 1. The fraction of sp³-hybridized carbons (Fsp3) is 0.800. The molecule has 0 amide bonds. The molecule has 0 aliphatic rings. The Morgan fingerprint density at radius 2 is 1.02 bits per heavy atom. The molecule has 374 valence electrons. The molecule has 0 saturated heterocycles. The SMILES string of the molecule is CCCCC[C@H](O)/C=C/C=C\C=C\C=C\[C@H](O)[C@@H](O)CCCC(=O)O[C@H](COC(=O)CCCCCCCCCCCCCCCCCCCCC(C)C)COP(=O)(O)OC[C@@H](O)CO. The number of esters is 2. The maximum atomic E-state index is 12.7. The van der Waals surface area contributed by atoms with Gasteiger partial charge in [-0.3, -0.25) is 18.6 Å². The van der Waals surface area contributed by atoms with E-state index in [-0.39, 0.29) is 25.7 Å². The summed E-state index contributed by atoms with van der Waals surface area (Å²) in [5, 5.41) is 48.9. The van der Waals surface area contributed by atoms with Crippen LogP contribution < -0.4 is 0 Å². The van der Waals surface area contributed by atoms with Gasteiger partial charge < -0.3 is 39.9 Å². The van der Waals surface area contributed by atoms with E-state index in [1.54, 1.807) is 42.5 Å². The number of phosphoric ester groups is 1. The van der Waals surface area contributed by atoms with Crippen molar-refractivity contribution in [3.8, 4) is 0 Å². The first-order chi connectivity index (χ1) is 30.8. The third-order valence-electron chi connectivity index (χ3n) is 10.8. The zero-order valence-corrected chi connectivity index (χ0v) is 40.9. The number of carbonyl (C=O) groups is 2. The molecule has 0 aliphatic heterocycles. The van der Waals surface area contributed by atoms with Crippen LogP contribution in [0.15, 0.2) is 48.6 Å². The number of hydrogen-bond donors (Lipinski definition) is 6. The van der Waals surface area contributed by atoms with Crippen LogP contribution in [0.4, 0.5) is 0 Å². The van der Waals surface area contributed by atoms with E-state index >= 15 is 0 Å². The number of hydrogen-bond acceptors (Lipinski definition) is 12. The first kappa shape index (κ1) is 61.8. The van der Waals surface area contributed by atoms with Gasteiger partial charge in [0.25, 0.3) is 0 Å². The van der Waals surface area contributed by atoms with Crippen LogP contribution in [0.2, 0.25) is 0 Å². The summed E-state index contributed by atoms with van der Waals surface area (Å²) in [5.41, 5.74) is 0. The largest absolute Gasteiger partial charge is 0.472 e. The van der Waals surface area contributed by atoms with Gasteiger partial charge in [0.05, 0.1) is 38.1 Å². The van der Waals surface area contributed by atoms with Crippen molar-refractivity contribution >= 4 is 19.8 Å². The fourth-order valence-corrected chi connectivity index (χ4v) is 7.59. The highest BCUT2D eigenvalue weighted by atomic mass is 31.2. The maximum absolute atomic E-state index is 12.7. The van der Waals surface area contributed by atoms with E-state index in [1.165, 1.54) is 102 Å². The predicted octanol–water partition coefficient (Wildman–Crippen LogP) is 10.4. The van der Waals surface area contributed by atoms with E-state index in [4.69, 9.17) is 19.1 Å². The summed E-state index contributed by atoms with van der Waals surface area (Å²) in [6.07, 6.45) is 35.8. The number of carbonyl (C=O) groups excluding carboxylic acids is 2. The average molecular weight is 931 g/mol. The van der Waals surface area contributed by atoms with Gasteiger partial charge in [0.15, 0.2) is 6.10 Å². The molecule has 0 saturated carbocycles. The second kappa shape index (κ2) is 43.4. The van der Waals surface area contributed by atoms with Crippen molar-refractivity contribution < 1.29 is 63.1 Å². The Morgan fingerprint density at radius 1 is 0.547 bits per heavy atom. The third-order valence-corrected chi connectivity index (χ3v) is 11.7. The summed E-state index contributed by atoms with van der Waals surface area (Å²) < 4.78 is 32.6. The minimum atomic E-state index is -4.72. The molecule has 0 aromatic rings. The van der Waals surface area contributed by atoms with Gasteiger partial charge in [0, 0.05) is 12.8 Å². The van der Waals surface area contributed by atoms with Crippen LogP contribution in [0.3, 0.4) is 0 Å². The Labute approximate surface area is 387 Å². The monoisotopic (exact) mass is 931 g/mol. The van der Waals surface area contributed by atoms with Crippen molar-refractivity contribution in [1.29, 1.82) is 0 Å². The van der Waals surface area contributed by atoms with Gasteiger partial charge >= 0.3 is 19.8 Å². The standard InChI is InChI=1S/C50H91O13P/c1-4-5-26-33-44(52)34-28-23-20-21-24-29-35-47(54)48(55)36-31-38-50(57)63-46(42-62-64(58,59)61-40-45(53)39-51)41-60-49(56)37-30-25-19-17-15-13-11-9-7-6-8-10-12-14-16-18-22-27-32-43(2)3/h20-21,23-24,28-29,34-35,43-48,51-55H,4-19,22,25-27,30-33,36-42H2,1-3H3,(H,58,59)/b23-20-,24-21+,34-28+,35-29+/t44-,45-,46+,47-,48-/m0/s1. The number of aliphatic hydroxyl groups is 5. The van der Waals surface area contributed by atoms with Gasteiger partial charge in [0.1, 0.15) is 12.7 Å². The van der Waals surface area contributed by atoms with Crippen LogP contribution in [0, 0.1) is 5.92 Å². The third kappa shape index (κ3) is 42.4. The zero-order valence-electron chi connectivity index (χ0n) is 40.0. The lowest BCUT2D eigenvalue weighted by molar-refractivity contribution is -0.161. The molecule has 0 heterocycles. The molecule has 6 N–H and O–H groups in total. The lowest BCUT2D eigenvalue weighted by Gasteiger charge is -2.20. The van der Waals surface area contributed by atoms with Crippen molar-refractivity contribution in [2.24, 2.45) is 5.92 Å². The van der Waals surface area contributed by atoms with E-state index < -0.39 is 76.7 Å². The Balaban J connectivity index is 4.46. The van der Waals surface area contributed by atoms with Crippen molar-refractivity contribution in [3.05, 3.63) is 48.6 Å². The Hall–Kier alpha value is -2.19. The molecule has 0 rings (SSSR count). The molecular formula is C50H91O13P. The number of aliphatic hydroxyl groups excluding tert-OH is 5. The highest BCUT2D eigenvalue weighted by Crippen LogP contribution is 2.43. The Bertz CT molecular complexity index is 1270. The van der Waals surface area contributed by atoms with Crippen LogP contribution in [0.1, 0.15) is 194 Å². The van der Waals surface area contributed by atoms with Crippen LogP contribution in [-0.2, 0) is 32.7 Å². The van der Waals surface area contributed by atoms with Gasteiger partial charge in [-0.2, -0.15) is 0 Å². The molecule has 6 atom stereocenters. The first-order valence-corrected chi connectivity index (χ1v) is 26.3. The Morgan fingerprint density at radius 3 is 1.55 bits per heavy atom. The van der Waals surface area contributed by atoms with Gasteiger partial charge in [0.2, 0.25) is 0 Å². The van der Waals surface area contributed by atoms with Crippen LogP contribution >= 0.6 is 7.82 Å². The number of unbranched alkanes of at least 4 members (excludes halogenated alkanes) is 19.